The summed E-state index contributed by atoms with van der Waals surface area (Å²) in [7, 11) is 0. The predicted molar refractivity (Wildman–Crippen MR) is 47.9 cm³/mol. The predicted octanol–water partition coefficient (Wildman–Crippen LogP) is 0.379. The topological polar surface area (TPSA) is 66.4 Å². The van der Waals surface area contributed by atoms with Crippen LogP contribution in [0.25, 0.3) is 0 Å². The van der Waals surface area contributed by atoms with Crippen molar-refractivity contribution in [2.45, 2.75) is 32.2 Å². The van der Waals surface area contributed by atoms with Gasteiger partial charge in [-0.05, 0) is 13.3 Å². The molecule has 4 nitrogen and oxygen atoms in total. The first-order valence-corrected chi connectivity index (χ1v) is 4.03. The van der Waals surface area contributed by atoms with Gasteiger partial charge >= 0.3 is 5.97 Å². The van der Waals surface area contributed by atoms with Gasteiger partial charge < -0.3 is 10.4 Å². The Morgan fingerprint density at radius 1 is 1.62 bits per heavy atom. The van der Waals surface area contributed by atoms with E-state index >= 15 is 0 Å². The number of carbonyl (C=O) groups excluding carboxylic acids is 1. The highest BCUT2D eigenvalue weighted by molar-refractivity contribution is 5.83. The van der Waals surface area contributed by atoms with Gasteiger partial charge in [-0.3, -0.25) is 9.59 Å². The van der Waals surface area contributed by atoms with Crippen LogP contribution >= 0.6 is 0 Å². The third kappa shape index (κ3) is 5.74. The first-order valence-electron chi connectivity index (χ1n) is 4.03. The van der Waals surface area contributed by atoms with E-state index in [2.05, 4.69) is 11.2 Å². The Kier molecular flexibility index (Phi) is 5.37. The smallest absolute Gasteiger partial charge is 0.325 e. The van der Waals surface area contributed by atoms with E-state index in [-0.39, 0.29) is 12.3 Å². The molecule has 0 fully saturated rings. The van der Waals surface area contributed by atoms with Crippen molar-refractivity contribution in [1.29, 1.82) is 0 Å². The number of carbonyl (C=O) groups is 2. The highest BCUT2D eigenvalue weighted by atomic mass is 16.4. The van der Waals surface area contributed by atoms with E-state index in [9.17, 15) is 9.59 Å². The summed E-state index contributed by atoms with van der Waals surface area (Å²) in [5.74, 6) is 1.09. The molecule has 0 aromatic heterocycles. The molecule has 0 rings (SSSR count). The number of hydrogen-bond acceptors (Lipinski definition) is 2. The highest BCUT2D eigenvalue weighted by Gasteiger charge is 2.12. The van der Waals surface area contributed by atoms with Crippen molar-refractivity contribution in [2.24, 2.45) is 0 Å². The minimum Gasteiger partial charge on any atom is -0.480 e. The zero-order valence-electron chi connectivity index (χ0n) is 7.54. The fraction of sp³-hybridized carbons (Fsp3) is 0.556. The molecule has 0 radical (unpaired) electrons. The summed E-state index contributed by atoms with van der Waals surface area (Å²) in [6, 6.07) is -0.835. The van der Waals surface area contributed by atoms with Gasteiger partial charge in [0.15, 0.2) is 0 Å². The summed E-state index contributed by atoms with van der Waals surface area (Å²) in [4.78, 5) is 21.3. The van der Waals surface area contributed by atoms with Gasteiger partial charge in [-0.1, -0.05) is 0 Å². The standard InChI is InChI=1S/C9H13NO3/c1-3-4-5-6-8(11)10-7(2)9(12)13/h1,7H,4-6H2,2H3,(H,10,11)(H,12,13)/t7-/m0/s1. The van der Waals surface area contributed by atoms with Crippen LogP contribution in [0.1, 0.15) is 26.2 Å². The molecular formula is C9H13NO3. The summed E-state index contributed by atoms with van der Waals surface area (Å²) >= 11 is 0. The normalized spacial score (nSPS) is 11.4. The fourth-order valence-corrected chi connectivity index (χ4v) is 0.726. The minimum atomic E-state index is -1.04. The van der Waals surface area contributed by atoms with Crippen LogP contribution in [0.2, 0.25) is 0 Å². The molecular weight excluding hydrogens is 170 g/mol. The summed E-state index contributed by atoms with van der Waals surface area (Å²) in [5.41, 5.74) is 0. The maximum absolute atomic E-state index is 11.0. The number of aliphatic carboxylic acids is 1. The molecule has 0 aliphatic rings. The zero-order chi connectivity index (χ0) is 10.3. The average Bonchev–Trinajstić information content (AvgIpc) is 2.04. The lowest BCUT2D eigenvalue weighted by molar-refractivity contribution is -0.141. The number of nitrogens with one attached hydrogen (secondary N) is 1. The molecule has 1 atom stereocenters. The van der Waals surface area contributed by atoms with Crippen molar-refractivity contribution < 1.29 is 14.7 Å². The zero-order valence-corrected chi connectivity index (χ0v) is 7.54. The van der Waals surface area contributed by atoms with E-state index in [4.69, 9.17) is 11.5 Å². The molecule has 0 saturated carbocycles. The number of terminal acetylenes is 1. The van der Waals surface area contributed by atoms with Crippen molar-refractivity contribution in [3.05, 3.63) is 0 Å². The van der Waals surface area contributed by atoms with Crippen LogP contribution in [0.4, 0.5) is 0 Å². The van der Waals surface area contributed by atoms with Crippen LogP contribution in [0.15, 0.2) is 0 Å². The number of amides is 1. The number of hydrogen-bond donors (Lipinski definition) is 2. The third-order valence-corrected chi connectivity index (χ3v) is 1.47. The van der Waals surface area contributed by atoms with Crippen molar-refractivity contribution in [3.63, 3.8) is 0 Å². The molecule has 0 aliphatic heterocycles. The number of carboxylic acid groups (broad SMARTS) is 1. The lowest BCUT2D eigenvalue weighted by Gasteiger charge is -2.07. The Labute approximate surface area is 77.3 Å². The van der Waals surface area contributed by atoms with Crippen LogP contribution in [0.3, 0.4) is 0 Å². The van der Waals surface area contributed by atoms with E-state index < -0.39 is 12.0 Å². The van der Waals surface area contributed by atoms with E-state index in [1.54, 1.807) is 0 Å². The first-order chi connectivity index (χ1) is 6.07. The van der Waals surface area contributed by atoms with Gasteiger partial charge in [-0.2, -0.15) is 0 Å². The first kappa shape index (κ1) is 11.5. The Bertz CT molecular complexity index is 230. The monoisotopic (exact) mass is 183 g/mol. The number of unbranched alkanes of at least 4 members (excludes halogenated alkanes) is 1. The van der Waals surface area contributed by atoms with Gasteiger partial charge in [0, 0.05) is 12.8 Å². The van der Waals surface area contributed by atoms with Gasteiger partial charge in [0.1, 0.15) is 6.04 Å². The summed E-state index contributed by atoms with van der Waals surface area (Å²) in [5, 5.41) is 10.8. The number of rotatable bonds is 5. The van der Waals surface area contributed by atoms with E-state index in [1.165, 1.54) is 6.92 Å². The van der Waals surface area contributed by atoms with Gasteiger partial charge in [-0.25, -0.2) is 0 Å². The second-order valence-corrected chi connectivity index (χ2v) is 2.69. The average molecular weight is 183 g/mol. The van der Waals surface area contributed by atoms with Crippen molar-refractivity contribution in [2.75, 3.05) is 0 Å². The molecule has 0 heterocycles. The molecule has 0 aromatic carbocycles. The maximum Gasteiger partial charge on any atom is 0.325 e. The van der Waals surface area contributed by atoms with Gasteiger partial charge in [-0.15, -0.1) is 12.3 Å². The molecule has 0 aromatic rings. The molecule has 0 aliphatic carbocycles. The third-order valence-electron chi connectivity index (χ3n) is 1.47. The molecule has 4 heteroatoms. The van der Waals surface area contributed by atoms with Crippen LogP contribution in [0, 0.1) is 12.3 Å². The van der Waals surface area contributed by atoms with Gasteiger partial charge in [0.25, 0.3) is 0 Å². The molecule has 2 N–H and O–H groups in total. The van der Waals surface area contributed by atoms with Crippen molar-refractivity contribution in [1.82, 2.24) is 5.32 Å². The second-order valence-electron chi connectivity index (χ2n) is 2.69. The largest absolute Gasteiger partial charge is 0.480 e. The van der Waals surface area contributed by atoms with Crippen molar-refractivity contribution in [3.8, 4) is 12.3 Å². The van der Waals surface area contributed by atoms with Gasteiger partial charge in [0.05, 0.1) is 0 Å². The van der Waals surface area contributed by atoms with Crippen molar-refractivity contribution >= 4 is 11.9 Å². The van der Waals surface area contributed by atoms with Crippen LogP contribution in [-0.4, -0.2) is 23.0 Å². The SMILES string of the molecule is C#CCCCC(=O)N[C@@H](C)C(=O)O. The molecule has 0 bridgehead atoms. The maximum atomic E-state index is 11.0. The van der Waals surface area contributed by atoms with Gasteiger partial charge in [0.2, 0.25) is 5.91 Å². The van der Waals surface area contributed by atoms with E-state index in [0.717, 1.165) is 0 Å². The van der Waals surface area contributed by atoms with E-state index in [1.807, 2.05) is 0 Å². The lowest BCUT2D eigenvalue weighted by Crippen LogP contribution is -2.38. The van der Waals surface area contributed by atoms with Crippen LogP contribution in [-0.2, 0) is 9.59 Å². The minimum absolute atomic E-state index is 0.273. The Balaban J connectivity index is 3.63. The molecule has 13 heavy (non-hydrogen) atoms. The molecule has 0 spiro atoms. The molecule has 1 amide bonds. The molecule has 0 unspecified atom stereocenters. The molecule has 0 saturated heterocycles. The number of carboxylic acids is 1. The Hall–Kier alpha value is -1.50. The van der Waals surface area contributed by atoms with Crippen LogP contribution in [0.5, 0.6) is 0 Å². The summed E-state index contributed by atoms with van der Waals surface area (Å²) in [6.07, 6.45) is 6.40. The Morgan fingerprint density at radius 3 is 2.69 bits per heavy atom. The lowest BCUT2D eigenvalue weighted by atomic mass is 10.2. The van der Waals surface area contributed by atoms with Crippen LogP contribution < -0.4 is 5.32 Å². The second kappa shape index (κ2) is 6.06. The fourth-order valence-electron chi connectivity index (χ4n) is 0.726. The Morgan fingerprint density at radius 2 is 2.23 bits per heavy atom. The molecule has 72 valence electrons. The summed E-state index contributed by atoms with van der Waals surface area (Å²) < 4.78 is 0. The quantitative estimate of drug-likeness (QED) is 0.478. The van der Waals surface area contributed by atoms with E-state index in [0.29, 0.717) is 12.8 Å². The highest BCUT2D eigenvalue weighted by Crippen LogP contribution is 1.94. The summed E-state index contributed by atoms with van der Waals surface area (Å²) in [6.45, 7) is 1.42.